The van der Waals surface area contributed by atoms with Crippen LogP contribution in [0.25, 0.3) is 22.2 Å². The molecule has 4 heterocycles. The molecule has 0 radical (unpaired) electrons. The van der Waals surface area contributed by atoms with Crippen LogP contribution >= 0.6 is 11.6 Å². The lowest BCUT2D eigenvalue weighted by molar-refractivity contribution is 0.151. The van der Waals surface area contributed by atoms with Crippen molar-refractivity contribution in [3.8, 4) is 28.6 Å². The van der Waals surface area contributed by atoms with Crippen molar-refractivity contribution in [2.24, 2.45) is 0 Å². The standard InChI is InChI=1S/C43H40ClF3N6O4S/c1-24(31-6-5-17-48-40(31)52(22-25-7-13-29(55-2)14-8-25)23-26-9-15-30(56-3)16-10-26)53-18-19-57-42-35-38(50-43(58(4)54)51-41(35)53)36(45)37(49-42)32-20-28(39(46)47)21-33(44)34(32)27-11-12-27/h5-10,13-17,20-21,24,27,39H,11-12,18-19,22-23H2,1-4H3. The average Bonchev–Trinajstić information content (AvgIpc) is 4.09. The maximum absolute atomic E-state index is 17.1. The molecule has 1 saturated carbocycles. The van der Waals surface area contributed by atoms with Crippen LogP contribution in [0.1, 0.15) is 66.0 Å². The molecule has 2 aliphatic rings. The molecule has 6 aromatic rings. The first-order valence-corrected chi connectivity index (χ1v) is 20.7. The third kappa shape index (κ3) is 7.74. The summed E-state index contributed by atoms with van der Waals surface area (Å²) < 4.78 is 75.5. The molecule has 3 aromatic carbocycles. The van der Waals surface area contributed by atoms with Gasteiger partial charge >= 0.3 is 0 Å². The van der Waals surface area contributed by atoms with Crippen LogP contribution in [0.3, 0.4) is 0 Å². The van der Waals surface area contributed by atoms with E-state index in [4.69, 9.17) is 35.8 Å². The Morgan fingerprint density at radius 1 is 0.966 bits per heavy atom. The highest BCUT2D eigenvalue weighted by Crippen LogP contribution is 2.50. The lowest BCUT2D eigenvalue weighted by Gasteiger charge is -2.33. The van der Waals surface area contributed by atoms with Crippen molar-refractivity contribution in [1.82, 2.24) is 19.9 Å². The Hall–Kier alpha value is -5.47. The lowest BCUT2D eigenvalue weighted by Crippen LogP contribution is -2.33. The third-order valence-electron chi connectivity index (χ3n) is 10.6. The molecular formula is C43H40ClF3N6O4S. The van der Waals surface area contributed by atoms with E-state index in [1.54, 1.807) is 20.4 Å². The van der Waals surface area contributed by atoms with Crippen LogP contribution < -0.4 is 24.0 Å². The fourth-order valence-corrected chi connectivity index (χ4v) is 8.29. The summed E-state index contributed by atoms with van der Waals surface area (Å²) in [6.45, 7) is 3.41. The SMILES string of the molecule is COc1ccc(CN(Cc2ccc(OC)cc2)c2ncccc2C(C)N2CCOc3nc(-c4cc(C(F)F)cc(Cl)c4C4CC4)c(F)c4nc(S(C)=O)nc2c34)cc1. The molecule has 15 heteroatoms. The Kier molecular flexibility index (Phi) is 11.1. The molecule has 0 bridgehead atoms. The number of nitrogens with zero attached hydrogens (tertiary/aromatic N) is 6. The van der Waals surface area contributed by atoms with E-state index in [0.29, 0.717) is 24.5 Å². The summed E-state index contributed by atoms with van der Waals surface area (Å²) >= 11 is 6.59. The molecule has 10 nitrogen and oxygen atoms in total. The quantitative estimate of drug-likeness (QED) is 0.105. The van der Waals surface area contributed by atoms with E-state index in [0.717, 1.165) is 41.0 Å². The fourth-order valence-electron chi connectivity index (χ4n) is 7.47. The Bertz CT molecular complexity index is 2460. The molecule has 2 unspecified atom stereocenters. The van der Waals surface area contributed by atoms with Crippen molar-refractivity contribution in [2.45, 2.75) is 56.4 Å². The predicted octanol–water partition coefficient (Wildman–Crippen LogP) is 9.62. The third-order valence-corrected chi connectivity index (χ3v) is 11.6. The predicted molar refractivity (Wildman–Crippen MR) is 218 cm³/mol. The molecule has 300 valence electrons. The van der Waals surface area contributed by atoms with Gasteiger partial charge in [0, 0.05) is 47.3 Å². The number of rotatable bonds is 13. The van der Waals surface area contributed by atoms with Gasteiger partial charge in [-0.2, -0.15) is 0 Å². The molecule has 0 spiro atoms. The molecule has 0 amide bonds. The molecule has 1 aliphatic carbocycles. The number of benzene rings is 3. The van der Waals surface area contributed by atoms with Gasteiger partial charge in [-0.05, 0) is 84.8 Å². The summed E-state index contributed by atoms with van der Waals surface area (Å²) in [7, 11) is 1.53. The van der Waals surface area contributed by atoms with Gasteiger partial charge in [-0.1, -0.05) is 41.9 Å². The Morgan fingerprint density at radius 2 is 1.62 bits per heavy atom. The number of hydrogen-bond acceptors (Lipinski definition) is 10. The van der Waals surface area contributed by atoms with Crippen LogP contribution in [0.15, 0.2) is 84.1 Å². The molecule has 1 aliphatic heterocycles. The zero-order chi connectivity index (χ0) is 40.7. The van der Waals surface area contributed by atoms with Gasteiger partial charge in [0.05, 0.1) is 37.6 Å². The number of pyridine rings is 2. The van der Waals surface area contributed by atoms with Crippen LogP contribution in [0.4, 0.5) is 24.8 Å². The van der Waals surface area contributed by atoms with Crippen molar-refractivity contribution in [1.29, 1.82) is 0 Å². The minimum absolute atomic E-state index is 0.0233. The second kappa shape index (κ2) is 16.4. The summed E-state index contributed by atoms with van der Waals surface area (Å²) in [6.07, 6.45) is 1.89. The van der Waals surface area contributed by atoms with E-state index < -0.39 is 29.1 Å². The summed E-state index contributed by atoms with van der Waals surface area (Å²) in [4.78, 5) is 22.9. The van der Waals surface area contributed by atoms with Crippen LogP contribution in [0.5, 0.6) is 17.4 Å². The number of hydrogen-bond donors (Lipinski definition) is 0. The molecule has 0 N–H and O–H groups in total. The summed E-state index contributed by atoms with van der Waals surface area (Å²) in [6, 6.07) is 21.6. The van der Waals surface area contributed by atoms with Crippen molar-refractivity contribution in [3.63, 3.8) is 0 Å². The molecule has 58 heavy (non-hydrogen) atoms. The number of methoxy groups -OCH3 is 2. The lowest BCUT2D eigenvalue weighted by atomic mass is 9.96. The van der Waals surface area contributed by atoms with Crippen molar-refractivity contribution in [2.75, 3.05) is 43.4 Å². The number of anilines is 2. The van der Waals surface area contributed by atoms with Gasteiger partial charge in [0.1, 0.15) is 46.3 Å². The zero-order valence-electron chi connectivity index (χ0n) is 32.2. The van der Waals surface area contributed by atoms with Crippen molar-refractivity contribution in [3.05, 3.63) is 118 Å². The first-order chi connectivity index (χ1) is 28.0. The number of halogens is 4. The van der Waals surface area contributed by atoms with Crippen LogP contribution in [0.2, 0.25) is 5.02 Å². The van der Waals surface area contributed by atoms with Gasteiger partial charge in [-0.15, -0.1) is 0 Å². The van der Waals surface area contributed by atoms with Gasteiger partial charge < -0.3 is 24.0 Å². The number of ether oxygens (including phenoxy) is 3. The molecule has 0 saturated heterocycles. The first kappa shape index (κ1) is 39.4. The minimum Gasteiger partial charge on any atom is -0.497 e. The van der Waals surface area contributed by atoms with E-state index in [1.807, 2.05) is 72.5 Å². The van der Waals surface area contributed by atoms with Gasteiger partial charge in [0.2, 0.25) is 11.0 Å². The van der Waals surface area contributed by atoms with Gasteiger partial charge in [0.15, 0.2) is 5.82 Å². The van der Waals surface area contributed by atoms with Crippen LogP contribution in [-0.4, -0.2) is 57.8 Å². The largest absolute Gasteiger partial charge is 0.497 e. The second-order valence-corrected chi connectivity index (χ2v) is 16.0. The number of aromatic nitrogens is 4. The monoisotopic (exact) mass is 828 g/mol. The van der Waals surface area contributed by atoms with Crippen LogP contribution in [-0.2, 0) is 23.9 Å². The Morgan fingerprint density at radius 3 is 2.21 bits per heavy atom. The maximum atomic E-state index is 17.1. The summed E-state index contributed by atoms with van der Waals surface area (Å²) in [5, 5.41) is 0.211. The summed E-state index contributed by atoms with van der Waals surface area (Å²) in [5.41, 5.74) is 2.88. The van der Waals surface area contributed by atoms with Crippen molar-refractivity contribution >= 4 is 44.9 Å². The number of alkyl halides is 2. The summed E-state index contributed by atoms with van der Waals surface area (Å²) in [5.74, 6) is 1.63. The maximum Gasteiger partial charge on any atom is 0.263 e. The normalized spacial score (nSPS) is 14.9. The second-order valence-electron chi connectivity index (χ2n) is 14.3. The highest BCUT2D eigenvalue weighted by atomic mass is 35.5. The molecular weight excluding hydrogens is 789 g/mol. The first-order valence-electron chi connectivity index (χ1n) is 18.8. The molecule has 2 atom stereocenters. The van der Waals surface area contributed by atoms with E-state index >= 15 is 4.39 Å². The van der Waals surface area contributed by atoms with Gasteiger partial charge in [0.25, 0.3) is 6.43 Å². The zero-order valence-corrected chi connectivity index (χ0v) is 33.8. The molecule has 1 fully saturated rings. The topological polar surface area (TPSA) is 103 Å². The van der Waals surface area contributed by atoms with Gasteiger partial charge in [-0.3, -0.25) is 4.21 Å². The van der Waals surface area contributed by atoms with E-state index in [-0.39, 0.29) is 68.7 Å². The Balaban J connectivity index is 1.25. The van der Waals surface area contributed by atoms with Gasteiger partial charge in [-0.25, -0.2) is 33.1 Å². The highest BCUT2D eigenvalue weighted by Gasteiger charge is 2.35. The highest BCUT2D eigenvalue weighted by molar-refractivity contribution is 7.84. The van der Waals surface area contributed by atoms with Crippen LogP contribution in [0, 0.1) is 5.82 Å². The minimum atomic E-state index is -2.84. The van der Waals surface area contributed by atoms with Crippen molar-refractivity contribution < 1.29 is 31.6 Å². The van der Waals surface area contributed by atoms with E-state index in [1.165, 1.54) is 18.4 Å². The smallest absolute Gasteiger partial charge is 0.263 e. The fraction of sp³-hybridized carbons (Fsp3) is 0.302. The molecule has 8 rings (SSSR count). The molecule has 3 aromatic heterocycles. The van der Waals surface area contributed by atoms with E-state index in [9.17, 15) is 13.0 Å². The van der Waals surface area contributed by atoms with E-state index in [2.05, 4.69) is 14.9 Å². The Labute approximate surface area is 341 Å². The average molecular weight is 829 g/mol.